The normalized spacial score (nSPS) is 21.5. The van der Waals surface area contributed by atoms with Crippen LogP contribution < -0.4 is 10.6 Å². The highest BCUT2D eigenvalue weighted by molar-refractivity contribution is 6.42. The van der Waals surface area contributed by atoms with Crippen molar-refractivity contribution in [3.63, 3.8) is 0 Å². The average Bonchev–Trinajstić information content (AvgIpc) is 3.24. The molecule has 2 aliphatic heterocycles. The summed E-state index contributed by atoms with van der Waals surface area (Å²) in [6.45, 7) is 5.93. The molecule has 2 saturated heterocycles. The predicted octanol–water partition coefficient (Wildman–Crippen LogP) is 3.32. The van der Waals surface area contributed by atoms with Gasteiger partial charge in [-0.1, -0.05) is 29.3 Å². The highest BCUT2D eigenvalue weighted by atomic mass is 35.5. The van der Waals surface area contributed by atoms with Gasteiger partial charge >= 0.3 is 0 Å². The standard InChI is InChI=1S/C21H32Cl2N4O2/c1-24-21(25-8-12-28-15-18-3-2-11-29-18)26-17-6-9-27(10-7-17)14-16-4-5-19(22)20(23)13-16/h4-5,13,17-18H,2-3,6-12,14-15H2,1H3,(H2,24,25,26). The molecule has 29 heavy (non-hydrogen) atoms. The van der Waals surface area contributed by atoms with Crippen LogP contribution in [0.25, 0.3) is 0 Å². The largest absolute Gasteiger partial charge is 0.377 e. The van der Waals surface area contributed by atoms with Gasteiger partial charge in [0.15, 0.2) is 5.96 Å². The van der Waals surface area contributed by atoms with Crippen molar-refractivity contribution in [2.45, 2.75) is 44.4 Å². The van der Waals surface area contributed by atoms with Crippen LogP contribution in [-0.2, 0) is 16.0 Å². The topological polar surface area (TPSA) is 58.1 Å². The summed E-state index contributed by atoms with van der Waals surface area (Å²) in [6, 6.07) is 6.30. The highest BCUT2D eigenvalue weighted by Gasteiger charge is 2.20. The van der Waals surface area contributed by atoms with E-state index in [0.717, 1.165) is 64.4 Å². The molecule has 1 atom stereocenters. The van der Waals surface area contributed by atoms with Crippen molar-refractivity contribution in [1.29, 1.82) is 0 Å². The molecule has 1 aromatic rings. The Morgan fingerprint density at radius 1 is 1.24 bits per heavy atom. The van der Waals surface area contributed by atoms with E-state index in [2.05, 4.69) is 20.5 Å². The summed E-state index contributed by atoms with van der Waals surface area (Å²) in [6.07, 6.45) is 4.70. The lowest BCUT2D eigenvalue weighted by atomic mass is 10.0. The zero-order valence-electron chi connectivity index (χ0n) is 17.1. The fourth-order valence-corrected chi connectivity index (χ4v) is 4.07. The van der Waals surface area contributed by atoms with E-state index in [1.165, 1.54) is 5.56 Å². The van der Waals surface area contributed by atoms with E-state index < -0.39 is 0 Å². The maximum atomic E-state index is 6.13. The number of ether oxygens (including phenoxy) is 2. The van der Waals surface area contributed by atoms with Gasteiger partial charge < -0.3 is 20.1 Å². The molecule has 2 N–H and O–H groups in total. The van der Waals surface area contributed by atoms with Crippen LogP contribution in [0.4, 0.5) is 0 Å². The number of guanidine groups is 1. The second-order valence-corrected chi connectivity index (χ2v) is 8.47. The van der Waals surface area contributed by atoms with Crippen LogP contribution in [0, 0.1) is 0 Å². The SMILES string of the molecule is CN=C(NCCOCC1CCCO1)NC1CCN(Cc2ccc(Cl)c(Cl)c2)CC1. The van der Waals surface area contributed by atoms with Gasteiger partial charge in [0.05, 0.1) is 29.4 Å². The molecule has 1 aromatic carbocycles. The minimum Gasteiger partial charge on any atom is -0.377 e. The number of piperidine rings is 1. The number of hydrogen-bond acceptors (Lipinski definition) is 4. The molecule has 8 heteroatoms. The molecule has 2 fully saturated rings. The quantitative estimate of drug-likeness (QED) is 0.367. The predicted molar refractivity (Wildman–Crippen MR) is 119 cm³/mol. The minimum absolute atomic E-state index is 0.279. The third-order valence-corrected chi connectivity index (χ3v) is 6.15. The molecule has 0 bridgehead atoms. The van der Waals surface area contributed by atoms with Gasteiger partial charge in [0.2, 0.25) is 0 Å². The molecule has 162 valence electrons. The third kappa shape index (κ3) is 7.61. The number of nitrogens with zero attached hydrogens (tertiary/aromatic N) is 2. The van der Waals surface area contributed by atoms with Gasteiger partial charge in [-0.25, -0.2) is 0 Å². The van der Waals surface area contributed by atoms with Crippen molar-refractivity contribution in [2.75, 3.05) is 46.5 Å². The first kappa shape index (κ1) is 22.6. The van der Waals surface area contributed by atoms with E-state index >= 15 is 0 Å². The molecule has 0 amide bonds. The summed E-state index contributed by atoms with van der Waals surface area (Å²) >= 11 is 12.1. The first-order valence-corrected chi connectivity index (χ1v) is 11.2. The number of rotatable bonds is 8. The molecule has 0 aliphatic carbocycles. The molecule has 0 saturated carbocycles. The Hall–Kier alpha value is -1.05. The summed E-state index contributed by atoms with van der Waals surface area (Å²) in [5.74, 6) is 0.841. The number of benzene rings is 1. The first-order chi connectivity index (χ1) is 14.1. The summed E-state index contributed by atoms with van der Waals surface area (Å²) in [5.41, 5.74) is 1.20. The van der Waals surface area contributed by atoms with Crippen LogP contribution >= 0.6 is 23.2 Å². The molecule has 3 rings (SSSR count). The molecule has 0 aromatic heterocycles. The van der Waals surface area contributed by atoms with E-state index in [0.29, 0.717) is 29.3 Å². The van der Waals surface area contributed by atoms with E-state index in [4.69, 9.17) is 32.7 Å². The summed E-state index contributed by atoms with van der Waals surface area (Å²) in [5, 5.41) is 8.10. The van der Waals surface area contributed by atoms with E-state index in [1.807, 2.05) is 25.2 Å². The average molecular weight is 443 g/mol. The third-order valence-electron chi connectivity index (χ3n) is 5.41. The van der Waals surface area contributed by atoms with Crippen LogP contribution in [0.3, 0.4) is 0 Å². The van der Waals surface area contributed by atoms with Crippen molar-refractivity contribution in [2.24, 2.45) is 4.99 Å². The second kappa shape index (κ2) is 12.0. The Bertz CT molecular complexity index is 660. The molecular weight excluding hydrogens is 411 g/mol. The number of likely N-dealkylation sites (tertiary alicyclic amines) is 1. The zero-order valence-corrected chi connectivity index (χ0v) is 18.6. The Morgan fingerprint density at radius 3 is 2.76 bits per heavy atom. The molecular formula is C21H32Cl2N4O2. The van der Waals surface area contributed by atoms with Gasteiger partial charge in [-0.05, 0) is 43.4 Å². The Morgan fingerprint density at radius 2 is 2.07 bits per heavy atom. The lowest BCUT2D eigenvalue weighted by Gasteiger charge is -2.33. The van der Waals surface area contributed by atoms with Crippen LogP contribution in [0.2, 0.25) is 10.0 Å². The van der Waals surface area contributed by atoms with Crippen molar-refractivity contribution in [1.82, 2.24) is 15.5 Å². The molecule has 6 nitrogen and oxygen atoms in total. The first-order valence-electron chi connectivity index (χ1n) is 10.5. The summed E-state index contributed by atoms with van der Waals surface area (Å²) in [7, 11) is 1.81. The number of nitrogens with one attached hydrogen (secondary N) is 2. The van der Waals surface area contributed by atoms with Gasteiger partial charge in [0.25, 0.3) is 0 Å². The van der Waals surface area contributed by atoms with Gasteiger partial charge in [-0.15, -0.1) is 0 Å². The lowest BCUT2D eigenvalue weighted by molar-refractivity contribution is 0.0191. The highest BCUT2D eigenvalue weighted by Crippen LogP contribution is 2.24. The summed E-state index contributed by atoms with van der Waals surface area (Å²) < 4.78 is 11.3. The van der Waals surface area contributed by atoms with Crippen LogP contribution in [0.15, 0.2) is 23.2 Å². The number of hydrogen-bond donors (Lipinski definition) is 2. The molecule has 1 unspecified atom stereocenters. The van der Waals surface area contributed by atoms with Gasteiger partial charge in [0, 0.05) is 45.9 Å². The fourth-order valence-electron chi connectivity index (χ4n) is 3.75. The van der Waals surface area contributed by atoms with Crippen molar-refractivity contribution in [3.8, 4) is 0 Å². The number of halogens is 2. The fraction of sp³-hybridized carbons (Fsp3) is 0.667. The maximum Gasteiger partial charge on any atom is 0.191 e. The van der Waals surface area contributed by atoms with Crippen molar-refractivity contribution >= 4 is 29.2 Å². The zero-order chi connectivity index (χ0) is 20.5. The molecule has 2 heterocycles. The van der Waals surface area contributed by atoms with Crippen molar-refractivity contribution < 1.29 is 9.47 Å². The lowest BCUT2D eigenvalue weighted by Crippen LogP contribution is -2.49. The Kier molecular flexibility index (Phi) is 9.34. The van der Waals surface area contributed by atoms with Crippen LogP contribution in [-0.4, -0.2) is 69.5 Å². The Labute approximate surface area is 183 Å². The monoisotopic (exact) mass is 442 g/mol. The van der Waals surface area contributed by atoms with Gasteiger partial charge in [-0.2, -0.15) is 0 Å². The number of aliphatic imine (C=N–C) groups is 1. The second-order valence-electron chi connectivity index (χ2n) is 7.65. The Balaban J connectivity index is 1.30. The van der Waals surface area contributed by atoms with Gasteiger partial charge in [-0.3, -0.25) is 9.89 Å². The van der Waals surface area contributed by atoms with Crippen LogP contribution in [0.1, 0.15) is 31.2 Å². The smallest absolute Gasteiger partial charge is 0.191 e. The van der Waals surface area contributed by atoms with Crippen molar-refractivity contribution in [3.05, 3.63) is 33.8 Å². The molecule has 0 radical (unpaired) electrons. The van der Waals surface area contributed by atoms with Gasteiger partial charge in [0.1, 0.15) is 0 Å². The van der Waals surface area contributed by atoms with E-state index in [1.54, 1.807) is 0 Å². The maximum absolute atomic E-state index is 6.13. The molecule has 0 spiro atoms. The summed E-state index contributed by atoms with van der Waals surface area (Å²) in [4.78, 5) is 6.79. The van der Waals surface area contributed by atoms with E-state index in [-0.39, 0.29) is 6.10 Å². The van der Waals surface area contributed by atoms with Crippen LogP contribution in [0.5, 0.6) is 0 Å². The minimum atomic E-state index is 0.279. The van der Waals surface area contributed by atoms with E-state index in [9.17, 15) is 0 Å². The molecule has 2 aliphatic rings.